The predicted molar refractivity (Wildman–Crippen MR) is 99.7 cm³/mol. The molecule has 1 aromatic rings. The Balaban J connectivity index is 1.66. The van der Waals surface area contributed by atoms with Crippen LogP contribution in [0.1, 0.15) is 36.4 Å². The Morgan fingerprint density at radius 3 is 2.69 bits per heavy atom. The molecule has 0 radical (unpaired) electrons. The number of carbonyl (C=O) groups is 2. The minimum atomic E-state index is -0.680. The largest absolute Gasteiger partial charge is 0.356 e. The maximum Gasteiger partial charge on any atom is 0.251 e. The molecule has 6 heteroatoms. The number of carbonyl (C=O) groups excluding carboxylic acids is 2. The molecule has 0 saturated carbocycles. The van der Waals surface area contributed by atoms with Gasteiger partial charge >= 0.3 is 0 Å². The van der Waals surface area contributed by atoms with Crippen LogP contribution >= 0.6 is 0 Å². The summed E-state index contributed by atoms with van der Waals surface area (Å²) >= 11 is 0. The van der Waals surface area contributed by atoms with Crippen molar-refractivity contribution in [2.45, 2.75) is 38.3 Å². The zero-order valence-electron chi connectivity index (χ0n) is 15.7. The molecule has 2 aliphatic heterocycles. The number of aryl methyl sites for hydroxylation is 1. The van der Waals surface area contributed by atoms with Crippen LogP contribution in [0.25, 0.3) is 0 Å². The Morgan fingerprint density at radius 2 is 1.96 bits per heavy atom. The normalized spacial score (nSPS) is 24.5. The number of nitrogens with zero attached hydrogens (tertiary/aromatic N) is 2. The van der Waals surface area contributed by atoms with Crippen LogP contribution in [-0.4, -0.2) is 67.6 Å². The lowest BCUT2D eigenvalue weighted by molar-refractivity contribution is -0.162. The number of ether oxygens (including phenoxy) is 1. The van der Waals surface area contributed by atoms with Crippen molar-refractivity contribution in [3.8, 4) is 0 Å². The van der Waals surface area contributed by atoms with E-state index >= 15 is 0 Å². The van der Waals surface area contributed by atoms with Gasteiger partial charge < -0.3 is 19.9 Å². The highest BCUT2D eigenvalue weighted by atomic mass is 16.5. The standard InChI is InChI=1S/C20H29N3O3/c1-15-8-4-5-9-16(15)18-19(26-14-17(24)22(18)2)20(25)21-10-13-23-11-6-3-7-12-23/h4-5,8-9,18-19H,3,6-7,10-14H2,1-2H3,(H,21,25)/t18-,19+/m1/s1. The van der Waals surface area contributed by atoms with Gasteiger partial charge in [-0.15, -0.1) is 0 Å². The summed E-state index contributed by atoms with van der Waals surface area (Å²) in [6.45, 7) is 5.63. The van der Waals surface area contributed by atoms with E-state index in [1.807, 2.05) is 31.2 Å². The molecule has 0 aliphatic carbocycles. The zero-order valence-corrected chi connectivity index (χ0v) is 15.7. The van der Waals surface area contributed by atoms with E-state index in [1.165, 1.54) is 19.3 Å². The van der Waals surface area contributed by atoms with Crippen LogP contribution in [0, 0.1) is 6.92 Å². The molecule has 26 heavy (non-hydrogen) atoms. The van der Waals surface area contributed by atoms with Gasteiger partial charge in [0.05, 0.1) is 6.04 Å². The van der Waals surface area contributed by atoms with E-state index in [0.717, 1.165) is 30.8 Å². The van der Waals surface area contributed by atoms with E-state index in [4.69, 9.17) is 4.74 Å². The Morgan fingerprint density at radius 1 is 1.23 bits per heavy atom. The van der Waals surface area contributed by atoms with Crippen LogP contribution in [0.4, 0.5) is 0 Å². The third-order valence-electron chi connectivity index (χ3n) is 5.43. The second-order valence-corrected chi connectivity index (χ2v) is 7.23. The molecule has 0 bridgehead atoms. The molecule has 2 atom stereocenters. The van der Waals surface area contributed by atoms with E-state index < -0.39 is 12.1 Å². The third-order valence-corrected chi connectivity index (χ3v) is 5.43. The number of hydrogen-bond acceptors (Lipinski definition) is 4. The summed E-state index contributed by atoms with van der Waals surface area (Å²) in [5.74, 6) is -0.245. The molecule has 2 amide bonds. The number of morpholine rings is 1. The SMILES string of the molecule is Cc1ccccc1[C@@H]1[C@@H](C(=O)NCCN2CCCCC2)OCC(=O)N1C. The molecular formula is C20H29N3O3. The van der Waals surface area contributed by atoms with Crippen LogP contribution in [0.3, 0.4) is 0 Å². The number of likely N-dealkylation sites (N-methyl/N-ethyl adjacent to an activating group) is 1. The van der Waals surface area contributed by atoms with E-state index in [2.05, 4.69) is 10.2 Å². The number of piperidine rings is 1. The van der Waals surface area contributed by atoms with Crippen molar-refractivity contribution >= 4 is 11.8 Å². The van der Waals surface area contributed by atoms with Crippen LogP contribution < -0.4 is 5.32 Å². The predicted octanol–water partition coefficient (Wildman–Crippen LogP) is 1.50. The Bertz CT molecular complexity index is 643. The molecule has 142 valence electrons. The van der Waals surface area contributed by atoms with Crippen molar-refractivity contribution in [3.63, 3.8) is 0 Å². The molecule has 0 spiro atoms. The maximum absolute atomic E-state index is 12.8. The lowest BCUT2D eigenvalue weighted by atomic mass is 9.94. The molecular weight excluding hydrogens is 330 g/mol. The molecule has 1 N–H and O–H groups in total. The van der Waals surface area contributed by atoms with Gasteiger partial charge in [0.15, 0.2) is 6.10 Å². The summed E-state index contributed by atoms with van der Waals surface area (Å²) in [5, 5.41) is 3.01. The van der Waals surface area contributed by atoms with Crippen LogP contribution in [-0.2, 0) is 14.3 Å². The molecule has 2 heterocycles. The summed E-state index contributed by atoms with van der Waals surface area (Å²) in [7, 11) is 1.75. The van der Waals surface area contributed by atoms with E-state index in [1.54, 1.807) is 11.9 Å². The average Bonchev–Trinajstić information content (AvgIpc) is 2.65. The quantitative estimate of drug-likeness (QED) is 0.865. The summed E-state index contributed by atoms with van der Waals surface area (Å²) in [6.07, 6.45) is 3.10. The van der Waals surface area contributed by atoms with E-state index in [9.17, 15) is 9.59 Å². The Kier molecular flexibility index (Phi) is 6.27. The first-order valence-corrected chi connectivity index (χ1v) is 9.51. The monoisotopic (exact) mass is 359 g/mol. The van der Waals surface area contributed by atoms with Crippen molar-refractivity contribution in [1.29, 1.82) is 0 Å². The summed E-state index contributed by atoms with van der Waals surface area (Å²) in [6, 6.07) is 7.45. The minimum absolute atomic E-state index is 0.0525. The number of amides is 2. The molecule has 0 aromatic heterocycles. The van der Waals surface area contributed by atoms with Crippen molar-refractivity contribution in [3.05, 3.63) is 35.4 Å². The van der Waals surface area contributed by atoms with Gasteiger partial charge in [-0.1, -0.05) is 30.7 Å². The fraction of sp³-hybridized carbons (Fsp3) is 0.600. The highest BCUT2D eigenvalue weighted by Gasteiger charge is 2.40. The number of benzene rings is 1. The second kappa shape index (κ2) is 8.64. The maximum atomic E-state index is 12.8. The molecule has 1 aromatic carbocycles. The van der Waals surface area contributed by atoms with Crippen LogP contribution in [0.5, 0.6) is 0 Å². The third kappa shape index (κ3) is 4.24. The van der Waals surface area contributed by atoms with Gasteiger partial charge in [0.2, 0.25) is 5.91 Å². The number of rotatable bonds is 5. The Labute approximate surface area is 155 Å². The number of likely N-dealkylation sites (tertiary alicyclic amines) is 1. The van der Waals surface area contributed by atoms with Gasteiger partial charge in [-0.05, 0) is 44.0 Å². The highest BCUT2D eigenvalue weighted by Crippen LogP contribution is 2.31. The van der Waals surface area contributed by atoms with E-state index in [-0.39, 0.29) is 18.4 Å². The lowest BCUT2D eigenvalue weighted by Gasteiger charge is -2.39. The summed E-state index contributed by atoms with van der Waals surface area (Å²) < 4.78 is 5.67. The smallest absolute Gasteiger partial charge is 0.251 e. The highest BCUT2D eigenvalue weighted by molar-refractivity contribution is 5.86. The summed E-state index contributed by atoms with van der Waals surface area (Å²) in [4.78, 5) is 29.0. The van der Waals surface area contributed by atoms with Gasteiger partial charge in [0.1, 0.15) is 6.61 Å². The molecule has 2 saturated heterocycles. The molecule has 2 aliphatic rings. The van der Waals surface area contributed by atoms with Crippen LogP contribution in [0.2, 0.25) is 0 Å². The second-order valence-electron chi connectivity index (χ2n) is 7.23. The van der Waals surface area contributed by atoms with Gasteiger partial charge in [0, 0.05) is 20.1 Å². The van der Waals surface area contributed by atoms with Gasteiger partial charge in [-0.2, -0.15) is 0 Å². The number of hydrogen-bond donors (Lipinski definition) is 1. The van der Waals surface area contributed by atoms with Crippen molar-refractivity contribution in [2.75, 3.05) is 39.8 Å². The topological polar surface area (TPSA) is 61.9 Å². The van der Waals surface area contributed by atoms with Gasteiger partial charge in [-0.3, -0.25) is 9.59 Å². The molecule has 2 fully saturated rings. The fourth-order valence-corrected chi connectivity index (χ4v) is 3.84. The zero-order chi connectivity index (χ0) is 18.5. The van der Waals surface area contributed by atoms with Crippen molar-refractivity contribution in [1.82, 2.24) is 15.1 Å². The van der Waals surface area contributed by atoms with Crippen LogP contribution in [0.15, 0.2) is 24.3 Å². The molecule has 3 rings (SSSR count). The average molecular weight is 359 g/mol. The number of nitrogens with one attached hydrogen (secondary N) is 1. The molecule has 0 unspecified atom stereocenters. The molecule has 6 nitrogen and oxygen atoms in total. The first-order chi connectivity index (χ1) is 12.6. The first-order valence-electron chi connectivity index (χ1n) is 9.51. The van der Waals surface area contributed by atoms with Gasteiger partial charge in [-0.25, -0.2) is 0 Å². The Hall–Kier alpha value is -1.92. The van der Waals surface area contributed by atoms with Crippen molar-refractivity contribution < 1.29 is 14.3 Å². The first kappa shape index (κ1) is 18.9. The minimum Gasteiger partial charge on any atom is -0.356 e. The fourth-order valence-electron chi connectivity index (χ4n) is 3.84. The van der Waals surface area contributed by atoms with Crippen molar-refractivity contribution in [2.24, 2.45) is 0 Å². The summed E-state index contributed by atoms with van der Waals surface area (Å²) in [5.41, 5.74) is 2.01. The van der Waals surface area contributed by atoms with E-state index in [0.29, 0.717) is 6.54 Å². The van der Waals surface area contributed by atoms with Gasteiger partial charge in [0.25, 0.3) is 5.91 Å². The lowest BCUT2D eigenvalue weighted by Crippen LogP contribution is -2.53.